The van der Waals surface area contributed by atoms with Gasteiger partial charge in [0.1, 0.15) is 10.8 Å². The summed E-state index contributed by atoms with van der Waals surface area (Å²) in [6.07, 6.45) is 5.18. The Balaban J connectivity index is 2.08. The van der Waals surface area contributed by atoms with Crippen molar-refractivity contribution in [3.63, 3.8) is 0 Å². The number of nitrogens with zero attached hydrogens (tertiary/aromatic N) is 2. The second-order valence-corrected chi connectivity index (χ2v) is 5.21. The number of thioether (sulfide) groups is 1. The highest BCUT2D eigenvalue weighted by molar-refractivity contribution is 7.99. The molecule has 0 saturated carbocycles. The Morgan fingerprint density at radius 3 is 2.85 bits per heavy atom. The Morgan fingerprint density at radius 2 is 2.15 bits per heavy atom. The number of rotatable bonds is 7. The van der Waals surface area contributed by atoms with E-state index in [0.717, 1.165) is 16.5 Å². The predicted octanol–water partition coefficient (Wildman–Crippen LogP) is 2.93. The summed E-state index contributed by atoms with van der Waals surface area (Å²) in [6, 6.07) is 8.36. The summed E-state index contributed by atoms with van der Waals surface area (Å²) < 4.78 is 5.69. The van der Waals surface area contributed by atoms with E-state index in [0.29, 0.717) is 6.61 Å². The van der Waals surface area contributed by atoms with Gasteiger partial charge in [-0.1, -0.05) is 18.2 Å². The molecule has 2 aromatic rings. The van der Waals surface area contributed by atoms with Crippen molar-refractivity contribution in [2.75, 3.05) is 19.4 Å². The van der Waals surface area contributed by atoms with E-state index in [9.17, 15) is 0 Å². The first-order valence-electron chi connectivity index (χ1n) is 6.63. The van der Waals surface area contributed by atoms with Gasteiger partial charge in [0.15, 0.2) is 0 Å². The maximum atomic E-state index is 5.69. The quantitative estimate of drug-likeness (QED) is 0.794. The first kappa shape index (κ1) is 14.8. The van der Waals surface area contributed by atoms with E-state index in [1.807, 2.05) is 32.2 Å². The average Bonchev–Trinajstić information content (AvgIpc) is 2.51. The Morgan fingerprint density at radius 1 is 1.30 bits per heavy atom. The van der Waals surface area contributed by atoms with E-state index in [1.54, 1.807) is 30.4 Å². The van der Waals surface area contributed by atoms with Crippen LogP contribution in [-0.2, 0) is 0 Å². The molecule has 0 fully saturated rings. The van der Waals surface area contributed by atoms with Crippen LogP contribution in [0.5, 0.6) is 5.75 Å². The van der Waals surface area contributed by atoms with Crippen LogP contribution in [0.1, 0.15) is 18.5 Å². The minimum absolute atomic E-state index is 0.213. The summed E-state index contributed by atoms with van der Waals surface area (Å²) in [5.41, 5.74) is 1.17. The standard InChI is InChI=1S/C15H19N3OS/c1-3-19-14-7-5-4-6-12(14)13(16-2)11-20-15-10-17-8-9-18-15/h4-10,13,16H,3,11H2,1-2H3. The van der Waals surface area contributed by atoms with Crippen LogP contribution in [0.3, 0.4) is 0 Å². The third-order valence-corrected chi connectivity index (χ3v) is 3.89. The van der Waals surface area contributed by atoms with Gasteiger partial charge in [0.05, 0.1) is 12.8 Å². The van der Waals surface area contributed by atoms with E-state index in [4.69, 9.17) is 4.74 Å². The lowest BCUT2D eigenvalue weighted by Crippen LogP contribution is -2.19. The van der Waals surface area contributed by atoms with Crippen molar-refractivity contribution in [2.24, 2.45) is 0 Å². The Bertz CT molecular complexity index is 522. The van der Waals surface area contributed by atoms with Crippen molar-refractivity contribution in [3.8, 4) is 5.75 Å². The molecule has 1 N–H and O–H groups in total. The van der Waals surface area contributed by atoms with Crippen LogP contribution in [0.2, 0.25) is 0 Å². The number of hydrogen-bond acceptors (Lipinski definition) is 5. The third-order valence-electron chi connectivity index (χ3n) is 2.88. The second-order valence-electron chi connectivity index (χ2n) is 4.17. The zero-order valence-electron chi connectivity index (χ0n) is 11.7. The Kier molecular flexibility index (Phi) is 5.83. The highest BCUT2D eigenvalue weighted by Gasteiger charge is 2.14. The normalized spacial score (nSPS) is 12.1. The van der Waals surface area contributed by atoms with Gasteiger partial charge in [-0.05, 0) is 20.0 Å². The van der Waals surface area contributed by atoms with Gasteiger partial charge < -0.3 is 10.1 Å². The molecule has 0 saturated heterocycles. The molecule has 1 unspecified atom stereocenters. The van der Waals surface area contributed by atoms with Crippen LogP contribution in [-0.4, -0.2) is 29.4 Å². The summed E-state index contributed by atoms with van der Waals surface area (Å²) in [7, 11) is 1.96. The van der Waals surface area contributed by atoms with E-state index in [2.05, 4.69) is 21.4 Å². The molecule has 0 aliphatic carbocycles. The molecule has 0 spiro atoms. The summed E-state index contributed by atoms with van der Waals surface area (Å²) in [6.45, 7) is 2.67. The lowest BCUT2D eigenvalue weighted by molar-refractivity contribution is 0.333. The van der Waals surface area contributed by atoms with Crippen molar-refractivity contribution >= 4 is 11.8 Å². The van der Waals surface area contributed by atoms with Gasteiger partial charge in [0.2, 0.25) is 0 Å². The van der Waals surface area contributed by atoms with Crippen LogP contribution >= 0.6 is 11.8 Å². The number of aromatic nitrogens is 2. The molecule has 106 valence electrons. The van der Waals surface area contributed by atoms with Gasteiger partial charge in [0.25, 0.3) is 0 Å². The first-order chi connectivity index (χ1) is 9.85. The van der Waals surface area contributed by atoms with Crippen LogP contribution < -0.4 is 10.1 Å². The molecule has 1 aromatic heterocycles. The molecule has 5 heteroatoms. The van der Waals surface area contributed by atoms with Gasteiger partial charge in [0, 0.05) is 29.8 Å². The SMILES string of the molecule is CCOc1ccccc1C(CSc1cnccn1)NC. The van der Waals surface area contributed by atoms with Crippen molar-refractivity contribution in [1.29, 1.82) is 0 Å². The molecule has 4 nitrogen and oxygen atoms in total. The van der Waals surface area contributed by atoms with E-state index in [-0.39, 0.29) is 6.04 Å². The van der Waals surface area contributed by atoms with Crippen LogP contribution in [0.4, 0.5) is 0 Å². The van der Waals surface area contributed by atoms with Crippen molar-refractivity contribution in [3.05, 3.63) is 48.4 Å². The molecule has 2 rings (SSSR count). The monoisotopic (exact) mass is 289 g/mol. The molecular weight excluding hydrogens is 270 g/mol. The predicted molar refractivity (Wildman–Crippen MR) is 82.2 cm³/mol. The topological polar surface area (TPSA) is 47.0 Å². The summed E-state index contributed by atoms with van der Waals surface area (Å²) in [5.74, 6) is 1.81. The summed E-state index contributed by atoms with van der Waals surface area (Å²) >= 11 is 1.68. The van der Waals surface area contributed by atoms with Crippen molar-refractivity contribution in [1.82, 2.24) is 15.3 Å². The average molecular weight is 289 g/mol. The lowest BCUT2D eigenvalue weighted by Gasteiger charge is -2.19. The molecular formula is C15H19N3OS. The number of hydrogen-bond donors (Lipinski definition) is 1. The minimum Gasteiger partial charge on any atom is -0.494 e. The number of nitrogens with one attached hydrogen (secondary N) is 1. The van der Waals surface area contributed by atoms with Gasteiger partial charge in [-0.3, -0.25) is 4.98 Å². The van der Waals surface area contributed by atoms with Crippen molar-refractivity contribution in [2.45, 2.75) is 18.0 Å². The van der Waals surface area contributed by atoms with E-state index in [1.165, 1.54) is 5.56 Å². The zero-order valence-corrected chi connectivity index (χ0v) is 12.6. The smallest absolute Gasteiger partial charge is 0.124 e. The minimum atomic E-state index is 0.213. The van der Waals surface area contributed by atoms with Crippen molar-refractivity contribution < 1.29 is 4.74 Å². The number of ether oxygens (including phenoxy) is 1. The highest BCUT2D eigenvalue weighted by Crippen LogP contribution is 2.29. The highest BCUT2D eigenvalue weighted by atomic mass is 32.2. The number of para-hydroxylation sites is 1. The molecule has 1 atom stereocenters. The van der Waals surface area contributed by atoms with Gasteiger partial charge in [-0.2, -0.15) is 0 Å². The Labute approximate surface area is 124 Å². The fourth-order valence-electron chi connectivity index (χ4n) is 1.91. The van der Waals surface area contributed by atoms with Gasteiger partial charge >= 0.3 is 0 Å². The largest absolute Gasteiger partial charge is 0.494 e. The van der Waals surface area contributed by atoms with E-state index < -0.39 is 0 Å². The molecule has 0 radical (unpaired) electrons. The van der Waals surface area contributed by atoms with Gasteiger partial charge in [-0.15, -0.1) is 11.8 Å². The van der Waals surface area contributed by atoms with E-state index >= 15 is 0 Å². The zero-order chi connectivity index (χ0) is 14.2. The maximum absolute atomic E-state index is 5.69. The summed E-state index contributed by atoms with van der Waals surface area (Å²) in [5, 5.41) is 4.27. The first-order valence-corrected chi connectivity index (χ1v) is 7.61. The number of benzene rings is 1. The fraction of sp³-hybridized carbons (Fsp3) is 0.333. The van der Waals surface area contributed by atoms with Crippen LogP contribution in [0.15, 0.2) is 47.9 Å². The third kappa shape index (κ3) is 3.95. The second kappa shape index (κ2) is 7.87. The molecule has 1 heterocycles. The molecule has 20 heavy (non-hydrogen) atoms. The molecule has 0 bridgehead atoms. The molecule has 0 amide bonds. The van der Waals surface area contributed by atoms with Gasteiger partial charge in [-0.25, -0.2) is 4.98 Å². The Hall–Kier alpha value is -1.59. The maximum Gasteiger partial charge on any atom is 0.124 e. The molecule has 0 aliphatic heterocycles. The molecule has 0 aliphatic rings. The fourth-order valence-corrected chi connectivity index (χ4v) is 2.87. The lowest BCUT2D eigenvalue weighted by atomic mass is 10.1. The van der Waals surface area contributed by atoms with Crippen LogP contribution in [0, 0.1) is 0 Å². The summed E-state index contributed by atoms with van der Waals surface area (Å²) in [4.78, 5) is 8.36. The molecule has 1 aromatic carbocycles. The van der Waals surface area contributed by atoms with Crippen LogP contribution in [0.25, 0.3) is 0 Å².